The van der Waals surface area contributed by atoms with E-state index in [0.29, 0.717) is 6.54 Å². The zero-order valence-electron chi connectivity index (χ0n) is 14.6. The number of nitrogens with zero attached hydrogens (tertiary/aromatic N) is 2. The van der Waals surface area contributed by atoms with E-state index in [9.17, 15) is 8.78 Å². The van der Waals surface area contributed by atoms with Crippen LogP contribution in [-0.2, 0) is 6.54 Å². The number of benzene rings is 2. The van der Waals surface area contributed by atoms with Gasteiger partial charge in [0, 0.05) is 45.3 Å². The van der Waals surface area contributed by atoms with Crippen molar-refractivity contribution in [3.8, 4) is 0 Å². The normalized spacial score (nSPS) is 17.6. The maximum Gasteiger partial charge on any atom is 0.159 e. The van der Waals surface area contributed by atoms with E-state index in [-0.39, 0.29) is 6.04 Å². The van der Waals surface area contributed by atoms with Crippen LogP contribution >= 0.6 is 0 Å². The van der Waals surface area contributed by atoms with E-state index < -0.39 is 11.6 Å². The van der Waals surface area contributed by atoms with Crippen molar-refractivity contribution in [1.82, 2.24) is 15.1 Å². The maximum atomic E-state index is 13.4. The average molecular weight is 345 g/mol. The lowest BCUT2D eigenvalue weighted by atomic mass is 10.1. The van der Waals surface area contributed by atoms with Gasteiger partial charge in [0.25, 0.3) is 0 Å². The van der Waals surface area contributed by atoms with Crippen LogP contribution in [0.4, 0.5) is 8.78 Å². The van der Waals surface area contributed by atoms with Gasteiger partial charge in [0.1, 0.15) is 0 Å². The topological polar surface area (TPSA) is 18.5 Å². The molecule has 5 heteroatoms. The lowest BCUT2D eigenvalue weighted by Gasteiger charge is -2.35. The second-order valence-electron chi connectivity index (χ2n) is 6.70. The summed E-state index contributed by atoms with van der Waals surface area (Å²) in [4.78, 5) is 4.79. The Morgan fingerprint density at radius 1 is 0.960 bits per heavy atom. The van der Waals surface area contributed by atoms with Gasteiger partial charge in [-0.05, 0) is 30.3 Å². The minimum Gasteiger partial charge on any atom is -0.305 e. The maximum absolute atomic E-state index is 13.4. The molecule has 1 aliphatic heterocycles. The molecule has 1 aliphatic rings. The molecule has 1 N–H and O–H groups in total. The first kappa shape index (κ1) is 18.0. The third kappa shape index (κ3) is 5.08. The molecule has 1 atom stereocenters. The minimum absolute atomic E-state index is 0.151. The van der Waals surface area contributed by atoms with Crippen LogP contribution in [-0.4, -0.2) is 49.6 Å². The molecule has 1 heterocycles. The second-order valence-corrected chi connectivity index (χ2v) is 6.70. The Balaban J connectivity index is 1.67. The summed E-state index contributed by atoms with van der Waals surface area (Å²) in [5.74, 6) is -1.60. The van der Waals surface area contributed by atoms with E-state index in [1.54, 1.807) is 6.07 Å². The molecule has 3 rings (SSSR count). The number of piperazine rings is 1. The summed E-state index contributed by atoms with van der Waals surface area (Å²) in [5, 5.41) is 3.51. The van der Waals surface area contributed by atoms with E-state index in [1.165, 1.54) is 17.7 Å². The minimum atomic E-state index is -0.805. The van der Waals surface area contributed by atoms with Crippen LogP contribution in [0, 0.1) is 11.6 Å². The van der Waals surface area contributed by atoms with Crippen LogP contribution in [0.15, 0.2) is 48.5 Å². The molecular formula is C20H25F2N3. The quantitative estimate of drug-likeness (QED) is 0.868. The number of halogens is 2. The summed E-state index contributed by atoms with van der Waals surface area (Å²) in [6.45, 7) is 5.65. The van der Waals surface area contributed by atoms with Crippen LogP contribution in [0.2, 0.25) is 0 Å². The molecule has 0 radical (unpaired) electrons. The number of hydrogen-bond donors (Lipinski definition) is 1. The zero-order valence-corrected chi connectivity index (χ0v) is 14.6. The number of nitrogens with one attached hydrogen (secondary N) is 1. The van der Waals surface area contributed by atoms with Gasteiger partial charge in [-0.1, -0.05) is 36.4 Å². The second kappa shape index (κ2) is 8.52. The Hall–Kier alpha value is -1.82. The Morgan fingerprint density at radius 3 is 2.36 bits per heavy atom. The first-order chi connectivity index (χ1) is 12.1. The van der Waals surface area contributed by atoms with Gasteiger partial charge >= 0.3 is 0 Å². The first-order valence-electron chi connectivity index (χ1n) is 8.75. The molecule has 0 saturated carbocycles. The third-order valence-electron chi connectivity index (χ3n) is 4.78. The Morgan fingerprint density at radius 2 is 1.68 bits per heavy atom. The van der Waals surface area contributed by atoms with Crippen molar-refractivity contribution in [2.24, 2.45) is 0 Å². The van der Waals surface area contributed by atoms with E-state index in [2.05, 4.69) is 34.3 Å². The van der Waals surface area contributed by atoms with Gasteiger partial charge in [-0.15, -0.1) is 0 Å². The summed E-state index contributed by atoms with van der Waals surface area (Å²) >= 11 is 0. The standard InChI is InChI=1S/C20H25F2N3/c1-24-9-11-25(12-10-24)15-20(17-5-3-2-4-6-17)23-14-16-7-8-18(21)19(22)13-16/h2-8,13,20,23H,9-12,14-15H2,1H3/t20-/m1/s1. The number of hydrogen-bond acceptors (Lipinski definition) is 3. The van der Waals surface area contributed by atoms with Crippen LogP contribution in [0.3, 0.4) is 0 Å². The van der Waals surface area contributed by atoms with Gasteiger partial charge in [-0.2, -0.15) is 0 Å². The first-order valence-corrected chi connectivity index (χ1v) is 8.75. The van der Waals surface area contributed by atoms with E-state index >= 15 is 0 Å². The predicted molar refractivity (Wildman–Crippen MR) is 96.3 cm³/mol. The molecule has 0 bridgehead atoms. The lowest BCUT2D eigenvalue weighted by Crippen LogP contribution is -2.47. The smallest absolute Gasteiger partial charge is 0.159 e. The highest BCUT2D eigenvalue weighted by Crippen LogP contribution is 2.17. The van der Waals surface area contributed by atoms with Gasteiger partial charge in [0.2, 0.25) is 0 Å². The van der Waals surface area contributed by atoms with Gasteiger partial charge in [0.15, 0.2) is 11.6 Å². The molecule has 0 amide bonds. The largest absolute Gasteiger partial charge is 0.305 e. The highest BCUT2D eigenvalue weighted by molar-refractivity contribution is 5.21. The Bertz CT molecular complexity index is 670. The molecule has 25 heavy (non-hydrogen) atoms. The monoisotopic (exact) mass is 345 g/mol. The van der Waals surface area contributed by atoms with Crippen LogP contribution < -0.4 is 5.32 Å². The van der Waals surface area contributed by atoms with Crippen LogP contribution in [0.5, 0.6) is 0 Å². The molecule has 0 aromatic heterocycles. The van der Waals surface area contributed by atoms with E-state index in [1.807, 2.05) is 18.2 Å². The van der Waals surface area contributed by atoms with Gasteiger partial charge < -0.3 is 10.2 Å². The molecule has 2 aromatic rings. The fraction of sp³-hybridized carbons (Fsp3) is 0.400. The summed E-state index contributed by atoms with van der Waals surface area (Å²) in [7, 11) is 2.15. The molecule has 0 unspecified atom stereocenters. The summed E-state index contributed by atoms with van der Waals surface area (Å²) in [6.07, 6.45) is 0. The molecule has 134 valence electrons. The van der Waals surface area contributed by atoms with Crippen LogP contribution in [0.1, 0.15) is 17.2 Å². The zero-order chi connectivity index (χ0) is 17.6. The molecule has 3 nitrogen and oxygen atoms in total. The summed E-state index contributed by atoms with van der Waals surface area (Å²) in [6, 6.07) is 14.5. The van der Waals surface area contributed by atoms with Crippen molar-refractivity contribution >= 4 is 0 Å². The van der Waals surface area contributed by atoms with E-state index in [0.717, 1.165) is 38.3 Å². The van der Waals surface area contributed by atoms with Gasteiger partial charge in [-0.25, -0.2) is 8.78 Å². The molecule has 2 aromatic carbocycles. The van der Waals surface area contributed by atoms with Gasteiger partial charge in [-0.3, -0.25) is 4.90 Å². The SMILES string of the molecule is CN1CCN(C[C@@H](NCc2ccc(F)c(F)c2)c2ccccc2)CC1. The fourth-order valence-electron chi connectivity index (χ4n) is 3.15. The highest BCUT2D eigenvalue weighted by atomic mass is 19.2. The molecule has 1 fully saturated rings. The highest BCUT2D eigenvalue weighted by Gasteiger charge is 2.19. The predicted octanol–water partition coefficient (Wildman–Crippen LogP) is 3.04. The molecular weight excluding hydrogens is 320 g/mol. The van der Waals surface area contributed by atoms with E-state index in [4.69, 9.17) is 0 Å². The van der Waals surface area contributed by atoms with Crippen LogP contribution in [0.25, 0.3) is 0 Å². The van der Waals surface area contributed by atoms with Crippen molar-refractivity contribution < 1.29 is 8.78 Å². The third-order valence-corrected chi connectivity index (χ3v) is 4.78. The number of rotatable bonds is 6. The summed E-state index contributed by atoms with van der Waals surface area (Å²) < 4.78 is 26.5. The molecule has 1 saturated heterocycles. The lowest BCUT2D eigenvalue weighted by molar-refractivity contribution is 0.142. The average Bonchev–Trinajstić information content (AvgIpc) is 2.64. The van der Waals surface area contributed by atoms with Crippen molar-refractivity contribution in [2.75, 3.05) is 39.8 Å². The summed E-state index contributed by atoms with van der Waals surface area (Å²) in [5.41, 5.74) is 1.96. The van der Waals surface area contributed by atoms with Crippen molar-refractivity contribution in [3.63, 3.8) is 0 Å². The molecule has 0 spiro atoms. The fourth-order valence-corrected chi connectivity index (χ4v) is 3.15. The number of likely N-dealkylation sites (N-methyl/N-ethyl adjacent to an activating group) is 1. The Kier molecular flexibility index (Phi) is 6.13. The van der Waals surface area contributed by atoms with Gasteiger partial charge in [0.05, 0.1) is 0 Å². The molecule has 0 aliphatic carbocycles. The van der Waals surface area contributed by atoms with Crippen molar-refractivity contribution in [1.29, 1.82) is 0 Å². The van der Waals surface area contributed by atoms with Crippen molar-refractivity contribution in [3.05, 3.63) is 71.3 Å². The van der Waals surface area contributed by atoms with Crippen molar-refractivity contribution in [2.45, 2.75) is 12.6 Å². The Labute approximate surface area is 148 Å².